The minimum absolute atomic E-state index is 0.268. The first-order valence-electron chi connectivity index (χ1n) is 9.05. The number of rotatable bonds is 5. The second kappa shape index (κ2) is 7.98. The lowest BCUT2D eigenvalue weighted by Crippen LogP contribution is -2.28. The fraction of sp³-hybridized carbons (Fsp3) is 0.526. The topological polar surface area (TPSA) is 33.1 Å². The Labute approximate surface area is 156 Å². The van der Waals surface area contributed by atoms with Crippen LogP contribution in [0.2, 0.25) is 0 Å². The molecule has 1 saturated heterocycles. The van der Waals surface area contributed by atoms with Crippen molar-refractivity contribution in [2.45, 2.75) is 31.5 Å². The summed E-state index contributed by atoms with van der Waals surface area (Å²) in [7, 11) is 3.94. The average molecular weight is 384 g/mol. The SMILES string of the molecule is CN(C)CCn1cc(-c2ccc(F)c(C(F)(F)F)c2)nc1C1CCNCC1. The summed E-state index contributed by atoms with van der Waals surface area (Å²) < 4.78 is 54.8. The molecule has 0 atom stereocenters. The highest BCUT2D eigenvalue weighted by Crippen LogP contribution is 2.35. The van der Waals surface area contributed by atoms with Gasteiger partial charge in [-0.3, -0.25) is 0 Å². The fourth-order valence-electron chi connectivity index (χ4n) is 3.36. The third-order valence-corrected chi connectivity index (χ3v) is 4.87. The van der Waals surface area contributed by atoms with Crippen LogP contribution in [0.25, 0.3) is 11.3 Å². The van der Waals surface area contributed by atoms with Crippen molar-refractivity contribution < 1.29 is 17.6 Å². The van der Waals surface area contributed by atoms with Crippen molar-refractivity contribution in [1.29, 1.82) is 0 Å². The molecule has 0 spiro atoms. The molecule has 2 heterocycles. The number of hydrogen-bond donors (Lipinski definition) is 1. The molecule has 0 unspecified atom stereocenters. The third kappa shape index (κ3) is 4.68. The van der Waals surface area contributed by atoms with Gasteiger partial charge in [-0.2, -0.15) is 13.2 Å². The lowest BCUT2D eigenvalue weighted by Gasteiger charge is -2.23. The highest BCUT2D eigenvalue weighted by atomic mass is 19.4. The zero-order valence-electron chi connectivity index (χ0n) is 15.5. The molecule has 0 bridgehead atoms. The molecule has 4 nitrogen and oxygen atoms in total. The zero-order valence-corrected chi connectivity index (χ0v) is 15.5. The molecule has 0 radical (unpaired) electrons. The van der Waals surface area contributed by atoms with E-state index in [1.807, 2.05) is 23.6 Å². The van der Waals surface area contributed by atoms with E-state index in [0.29, 0.717) is 12.2 Å². The largest absolute Gasteiger partial charge is 0.419 e. The van der Waals surface area contributed by atoms with Crippen LogP contribution < -0.4 is 5.32 Å². The van der Waals surface area contributed by atoms with Crippen LogP contribution in [0.15, 0.2) is 24.4 Å². The Hall–Kier alpha value is -1.93. The predicted molar refractivity (Wildman–Crippen MR) is 96.0 cm³/mol. The van der Waals surface area contributed by atoms with Gasteiger partial charge in [0.25, 0.3) is 0 Å². The number of hydrogen-bond acceptors (Lipinski definition) is 3. The maximum Gasteiger partial charge on any atom is 0.419 e. The number of piperidine rings is 1. The maximum absolute atomic E-state index is 13.6. The molecule has 3 rings (SSSR count). The summed E-state index contributed by atoms with van der Waals surface area (Å²) >= 11 is 0. The van der Waals surface area contributed by atoms with Crippen molar-refractivity contribution in [3.05, 3.63) is 41.6 Å². The van der Waals surface area contributed by atoms with E-state index in [1.165, 1.54) is 6.07 Å². The van der Waals surface area contributed by atoms with E-state index in [9.17, 15) is 17.6 Å². The molecule has 1 N–H and O–H groups in total. The number of nitrogens with one attached hydrogen (secondary N) is 1. The van der Waals surface area contributed by atoms with E-state index in [2.05, 4.69) is 10.3 Å². The predicted octanol–water partition coefficient (Wildman–Crippen LogP) is 3.74. The Morgan fingerprint density at radius 1 is 1.22 bits per heavy atom. The van der Waals surface area contributed by atoms with E-state index in [-0.39, 0.29) is 11.5 Å². The summed E-state index contributed by atoms with van der Waals surface area (Å²) in [5.74, 6) is -0.104. The summed E-state index contributed by atoms with van der Waals surface area (Å²) in [4.78, 5) is 6.71. The fourth-order valence-corrected chi connectivity index (χ4v) is 3.36. The normalized spacial score (nSPS) is 16.3. The highest BCUT2D eigenvalue weighted by molar-refractivity contribution is 5.60. The molecule has 1 aliphatic heterocycles. The number of likely N-dealkylation sites (N-methyl/N-ethyl adjacent to an activating group) is 1. The number of nitrogens with zero attached hydrogens (tertiary/aromatic N) is 3. The van der Waals surface area contributed by atoms with Gasteiger partial charge in [-0.25, -0.2) is 9.37 Å². The molecule has 0 aliphatic carbocycles. The number of imidazole rings is 1. The van der Waals surface area contributed by atoms with Crippen molar-refractivity contribution >= 4 is 0 Å². The first-order chi connectivity index (χ1) is 12.8. The van der Waals surface area contributed by atoms with Crippen LogP contribution in [0.5, 0.6) is 0 Å². The van der Waals surface area contributed by atoms with E-state index in [0.717, 1.165) is 50.4 Å². The number of aromatic nitrogens is 2. The number of benzene rings is 1. The average Bonchev–Trinajstić information content (AvgIpc) is 3.04. The van der Waals surface area contributed by atoms with Crippen molar-refractivity contribution in [2.24, 2.45) is 0 Å². The molecule has 148 valence electrons. The van der Waals surface area contributed by atoms with Crippen molar-refractivity contribution in [2.75, 3.05) is 33.7 Å². The molecule has 27 heavy (non-hydrogen) atoms. The molecule has 2 aromatic rings. The van der Waals surface area contributed by atoms with Gasteiger partial charge >= 0.3 is 6.18 Å². The van der Waals surface area contributed by atoms with E-state index >= 15 is 0 Å². The standard InChI is InChI=1S/C19H24F4N4/c1-26(2)9-10-27-12-17(25-18(27)13-5-7-24-8-6-13)14-3-4-16(20)15(11-14)19(21,22)23/h3-4,11-13,24H,5-10H2,1-2H3. The third-order valence-electron chi connectivity index (χ3n) is 4.87. The van der Waals surface area contributed by atoms with Gasteiger partial charge in [0.1, 0.15) is 11.6 Å². The molecule has 1 aromatic carbocycles. The second-order valence-corrected chi connectivity index (χ2v) is 7.20. The van der Waals surface area contributed by atoms with Gasteiger partial charge < -0.3 is 14.8 Å². The van der Waals surface area contributed by atoms with Crippen LogP contribution >= 0.6 is 0 Å². The van der Waals surface area contributed by atoms with Crippen LogP contribution in [0.3, 0.4) is 0 Å². The second-order valence-electron chi connectivity index (χ2n) is 7.20. The molecular formula is C19H24F4N4. The van der Waals surface area contributed by atoms with Gasteiger partial charge in [0, 0.05) is 30.8 Å². The van der Waals surface area contributed by atoms with Gasteiger partial charge in [-0.05, 0) is 58.2 Å². The molecule has 0 amide bonds. The smallest absolute Gasteiger partial charge is 0.333 e. The lowest BCUT2D eigenvalue weighted by molar-refractivity contribution is -0.139. The first-order valence-corrected chi connectivity index (χ1v) is 9.05. The lowest BCUT2D eigenvalue weighted by atomic mass is 9.97. The van der Waals surface area contributed by atoms with Crippen LogP contribution in [-0.2, 0) is 12.7 Å². The Morgan fingerprint density at radius 3 is 2.56 bits per heavy atom. The van der Waals surface area contributed by atoms with Crippen molar-refractivity contribution in [1.82, 2.24) is 19.8 Å². The summed E-state index contributed by atoms with van der Waals surface area (Å²) in [5.41, 5.74) is -0.526. The van der Waals surface area contributed by atoms with Crippen LogP contribution in [0.1, 0.15) is 30.1 Å². The Bertz CT molecular complexity index is 777. The monoisotopic (exact) mass is 384 g/mol. The van der Waals surface area contributed by atoms with Gasteiger partial charge in [-0.1, -0.05) is 0 Å². The van der Waals surface area contributed by atoms with Gasteiger partial charge in [0.15, 0.2) is 0 Å². The summed E-state index contributed by atoms with van der Waals surface area (Å²) in [6, 6.07) is 3.07. The minimum Gasteiger partial charge on any atom is -0.333 e. The van der Waals surface area contributed by atoms with Crippen LogP contribution in [-0.4, -0.2) is 48.2 Å². The number of halogens is 4. The minimum atomic E-state index is -4.73. The zero-order chi connectivity index (χ0) is 19.6. The van der Waals surface area contributed by atoms with Crippen molar-refractivity contribution in [3.63, 3.8) is 0 Å². The van der Waals surface area contributed by atoms with E-state index < -0.39 is 17.6 Å². The summed E-state index contributed by atoms with van der Waals surface area (Å²) in [6.45, 7) is 3.29. The Balaban J connectivity index is 1.98. The van der Waals surface area contributed by atoms with Crippen LogP contribution in [0, 0.1) is 5.82 Å². The number of alkyl halides is 3. The van der Waals surface area contributed by atoms with Gasteiger partial charge in [0.05, 0.1) is 11.3 Å². The molecule has 1 aliphatic rings. The Kier molecular flexibility index (Phi) is 5.86. The van der Waals surface area contributed by atoms with Gasteiger partial charge in [0.2, 0.25) is 0 Å². The summed E-state index contributed by atoms with van der Waals surface area (Å²) in [6.07, 6.45) is -1.06. The maximum atomic E-state index is 13.6. The van der Waals surface area contributed by atoms with E-state index in [1.54, 1.807) is 6.20 Å². The quantitative estimate of drug-likeness (QED) is 0.798. The van der Waals surface area contributed by atoms with Crippen LogP contribution in [0.4, 0.5) is 17.6 Å². The highest BCUT2D eigenvalue weighted by Gasteiger charge is 2.34. The van der Waals surface area contributed by atoms with Gasteiger partial charge in [-0.15, -0.1) is 0 Å². The molecule has 1 fully saturated rings. The molecule has 8 heteroatoms. The van der Waals surface area contributed by atoms with E-state index in [4.69, 9.17) is 0 Å². The first kappa shape index (κ1) is 19.8. The summed E-state index contributed by atoms with van der Waals surface area (Å²) in [5, 5.41) is 3.31. The molecule has 0 saturated carbocycles. The van der Waals surface area contributed by atoms with Crippen molar-refractivity contribution in [3.8, 4) is 11.3 Å². The molecular weight excluding hydrogens is 360 g/mol. The Morgan fingerprint density at radius 2 is 1.93 bits per heavy atom. The molecule has 1 aromatic heterocycles.